The molecule has 1 unspecified atom stereocenters. The minimum absolute atomic E-state index is 0.00709. The molecule has 6 heteroatoms. The van der Waals surface area contributed by atoms with E-state index in [1.807, 2.05) is 27.7 Å². The molecule has 0 amide bonds. The molecule has 1 aliphatic carbocycles. The van der Waals surface area contributed by atoms with Crippen LogP contribution in [0.5, 0.6) is 17.2 Å². The van der Waals surface area contributed by atoms with Gasteiger partial charge in [0.1, 0.15) is 28.6 Å². The summed E-state index contributed by atoms with van der Waals surface area (Å²) in [4.78, 5) is 39.9. The summed E-state index contributed by atoms with van der Waals surface area (Å²) in [6.07, 6.45) is 0.695. The van der Waals surface area contributed by atoms with Crippen LogP contribution < -0.4 is 4.74 Å². The molecule has 174 valence electrons. The standard InChI is InChI=1S/C26H34O6/c1-12(2)9-14-18-16(28)11-17(29)20(15(27)10-13(3)4)21(18)32-23-19(14)22(30)25(5,6)24(31)26(23,7)8/h11-14,28-29H,9-10H2,1-8H3. The van der Waals surface area contributed by atoms with Gasteiger partial charge in [-0.2, -0.15) is 0 Å². The molecule has 0 spiro atoms. The van der Waals surface area contributed by atoms with Gasteiger partial charge in [0.05, 0.1) is 10.8 Å². The number of hydrogen-bond acceptors (Lipinski definition) is 6. The number of ketones is 3. The number of phenols is 2. The Morgan fingerprint density at radius 1 is 1.00 bits per heavy atom. The van der Waals surface area contributed by atoms with Crippen LogP contribution in [0, 0.1) is 22.7 Å². The molecule has 0 radical (unpaired) electrons. The molecule has 0 saturated heterocycles. The van der Waals surface area contributed by atoms with Gasteiger partial charge in [-0.1, -0.05) is 27.7 Å². The van der Waals surface area contributed by atoms with Gasteiger partial charge >= 0.3 is 0 Å². The zero-order valence-corrected chi connectivity index (χ0v) is 20.3. The first-order valence-corrected chi connectivity index (χ1v) is 11.3. The van der Waals surface area contributed by atoms with Gasteiger partial charge in [-0.3, -0.25) is 14.4 Å². The highest BCUT2D eigenvalue weighted by atomic mass is 16.5. The third-order valence-corrected chi connectivity index (χ3v) is 6.52. The van der Waals surface area contributed by atoms with Gasteiger partial charge in [-0.05, 0) is 46.0 Å². The van der Waals surface area contributed by atoms with E-state index in [0.717, 1.165) is 6.07 Å². The van der Waals surface area contributed by atoms with Crippen molar-refractivity contribution in [1.29, 1.82) is 0 Å². The molecule has 1 atom stereocenters. The molecule has 2 aliphatic rings. The molecular formula is C26H34O6. The van der Waals surface area contributed by atoms with Crippen molar-refractivity contribution in [2.75, 3.05) is 0 Å². The van der Waals surface area contributed by atoms with Crippen LogP contribution in [0.15, 0.2) is 17.4 Å². The van der Waals surface area contributed by atoms with Gasteiger partial charge in [0.25, 0.3) is 0 Å². The van der Waals surface area contributed by atoms with Crippen LogP contribution >= 0.6 is 0 Å². The zero-order chi connectivity index (χ0) is 24.3. The van der Waals surface area contributed by atoms with E-state index in [-0.39, 0.29) is 64.2 Å². The highest BCUT2D eigenvalue weighted by Crippen LogP contribution is 2.57. The van der Waals surface area contributed by atoms with E-state index < -0.39 is 16.7 Å². The maximum atomic E-state index is 13.6. The molecule has 3 rings (SSSR count). The lowest BCUT2D eigenvalue weighted by Crippen LogP contribution is -2.51. The monoisotopic (exact) mass is 442 g/mol. The van der Waals surface area contributed by atoms with E-state index in [1.165, 1.54) is 0 Å². The van der Waals surface area contributed by atoms with Gasteiger partial charge in [0.2, 0.25) is 0 Å². The summed E-state index contributed by atoms with van der Waals surface area (Å²) in [5.74, 6) is -1.57. The molecule has 0 aromatic heterocycles. The number of carbonyl (C=O) groups excluding carboxylic acids is 3. The molecular weight excluding hydrogens is 408 g/mol. The van der Waals surface area contributed by atoms with Crippen molar-refractivity contribution in [1.82, 2.24) is 0 Å². The third kappa shape index (κ3) is 3.54. The lowest BCUT2D eigenvalue weighted by atomic mass is 9.59. The van der Waals surface area contributed by atoms with Gasteiger partial charge in [-0.15, -0.1) is 0 Å². The topological polar surface area (TPSA) is 101 Å². The van der Waals surface area contributed by atoms with E-state index in [0.29, 0.717) is 17.6 Å². The first-order chi connectivity index (χ1) is 14.6. The van der Waals surface area contributed by atoms with Crippen LogP contribution in [-0.2, 0) is 9.59 Å². The maximum absolute atomic E-state index is 13.6. The van der Waals surface area contributed by atoms with E-state index in [2.05, 4.69) is 0 Å². The normalized spacial score (nSPS) is 21.5. The largest absolute Gasteiger partial charge is 0.507 e. The van der Waals surface area contributed by atoms with Gasteiger partial charge in [0.15, 0.2) is 17.3 Å². The van der Waals surface area contributed by atoms with E-state index in [1.54, 1.807) is 27.7 Å². The molecule has 0 bridgehead atoms. The smallest absolute Gasteiger partial charge is 0.175 e. The van der Waals surface area contributed by atoms with Crippen molar-refractivity contribution in [2.24, 2.45) is 22.7 Å². The zero-order valence-electron chi connectivity index (χ0n) is 20.3. The van der Waals surface area contributed by atoms with Gasteiger partial charge in [0, 0.05) is 29.5 Å². The van der Waals surface area contributed by atoms with E-state index in [9.17, 15) is 24.6 Å². The molecule has 1 aromatic carbocycles. The Labute approximate surface area is 189 Å². The molecule has 0 saturated carbocycles. The summed E-state index contributed by atoms with van der Waals surface area (Å²) in [5, 5.41) is 21.4. The molecule has 1 heterocycles. The van der Waals surface area contributed by atoms with Crippen molar-refractivity contribution in [3.05, 3.63) is 28.5 Å². The number of rotatable bonds is 5. The molecule has 6 nitrogen and oxygen atoms in total. The number of phenolic OH excluding ortho intramolecular Hbond substituents is 2. The number of aromatic hydroxyl groups is 2. The van der Waals surface area contributed by atoms with Gasteiger partial charge in [-0.25, -0.2) is 0 Å². The average Bonchev–Trinajstić information content (AvgIpc) is 2.63. The van der Waals surface area contributed by atoms with E-state index >= 15 is 0 Å². The van der Waals surface area contributed by atoms with Crippen LogP contribution in [0.25, 0.3) is 0 Å². The second-order valence-electron chi connectivity index (χ2n) is 11.0. The Morgan fingerprint density at radius 3 is 2.12 bits per heavy atom. The van der Waals surface area contributed by atoms with Crippen molar-refractivity contribution < 1.29 is 29.3 Å². The number of ether oxygens (including phenoxy) is 1. The Hall–Kier alpha value is -2.63. The summed E-state index contributed by atoms with van der Waals surface area (Å²) in [6, 6.07) is 1.16. The number of allylic oxidation sites excluding steroid dienone is 2. The first kappa shape index (κ1) is 24.0. The minimum atomic E-state index is -1.23. The summed E-state index contributed by atoms with van der Waals surface area (Å²) < 4.78 is 6.19. The van der Waals surface area contributed by atoms with Crippen LogP contribution in [0.4, 0.5) is 0 Å². The van der Waals surface area contributed by atoms with Crippen LogP contribution in [0.3, 0.4) is 0 Å². The second-order valence-corrected chi connectivity index (χ2v) is 11.0. The quantitative estimate of drug-likeness (QED) is 0.474. The molecule has 1 aromatic rings. The summed E-state index contributed by atoms with van der Waals surface area (Å²) in [7, 11) is 0. The number of fused-ring (bicyclic) bond motifs is 1. The number of Topliss-reactive ketones (excluding diaryl/α,β-unsaturated/α-hetero) is 3. The SMILES string of the molecule is CC(C)CC(=O)c1c(O)cc(O)c2c1OC1=C(C(=O)C(C)(C)C(=O)C1(C)C)C2CC(C)C. The van der Waals surface area contributed by atoms with Crippen LogP contribution in [-0.4, -0.2) is 27.6 Å². The predicted molar refractivity (Wildman–Crippen MR) is 121 cm³/mol. The van der Waals surface area contributed by atoms with Crippen molar-refractivity contribution >= 4 is 17.3 Å². The lowest BCUT2D eigenvalue weighted by Gasteiger charge is -2.45. The van der Waals surface area contributed by atoms with E-state index in [4.69, 9.17) is 4.74 Å². The Bertz CT molecular complexity index is 1040. The van der Waals surface area contributed by atoms with Crippen molar-refractivity contribution in [3.63, 3.8) is 0 Å². The Kier molecular flexibility index (Phi) is 5.82. The minimum Gasteiger partial charge on any atom is -0.507 e. The van der Waals surface area contributed by atoms with Crippen LogP contribution in [0.2, 0.25) is 0 Å². The fourth-order valence-corrected chi connectivity index (χ4v) is 5.05. The number of hydrogen-bond donors (Lipinski definition) is 2. The fraction of sp³-hybridized carbons (Fsp3) is 0.577. The highest BCUT2D eigenvalue weighted by molar-refractivity contribution is 6.20. The maximum Gasteiger partial charge on any atom is 0.175 e. The summed E-state index contributed by atoms with van der Waals surface area (Å²) >= 11 is 0. The van der Waals surface area contributed by atoms with Gasteiger partial charge < -0.3 is 14.9 Å². The fourth-order valence-electron chi connectivity index (χ4n) is 5.05. The first-order valence-electron chi connectivity index (χ1n) is 11.3. The highest BCUT2D eigenvalue weighted by Gasteiger charge is 2.57. The third-order valence-electron chi connectivity index (χ3n) is 6.52. The number of benzene rings is 1. The summed E-state index contributed by atoms with van der Waals surface area (Å²) in [6.45, 7) is 14.5. The lowest BCUT2D eigenvalue weighted by molar-refractivity contribution is -0.144. The predicted octanol–water partition coefficient (Wildman–Crippen LogP) is 5.31. The molecule has 1 aliphatic heterocycles. The van der Waals surface area contributed by atoms with Crippen LogP contribution in [0.1, 0.15) is 90.1 Å². The molecule has 2 N–H and O–H groups in total. The molecule has 32 heavy (non-hydrogen) atoms. The molecule has 0 fully saturated rings. The second kappa shape index (κ2) is 7.75. The van der Waals surface area contributed by atoms with Crippen molar-refractivity contribution in [2.45, 2.75) is 74.1 Å². The Morgan fingerprint density at radius 2 is 1.59 bits per heavy atom. The number of carbonyl (C=O) groups is 3. The average molecular weight is 443 g/mol. The summed E-state index contributed by atoms with van der Waals surface area (Å²) in [5.41, 5.74) is -1.64. The van der Waals surface area contributed by atoms with Crippen molar-refractivity contribution in [3.8, 4) is 17.2 Å². The Balaban J connectivity index is 2.37.